The highest BCUT2D eigenvalue weighted by Crippen LogP contribution is 2.23. The molecule has 0 aliphatic rings. The number of amides is 1. The fourth-order valence-corrected chi connectivity index (χ4v) is 3.00. The van der Waals surface area contributed by atoms with E-state index in [2.05, 4.69) is 21.7 Å². The Morgan fingerprint density at radius 1 is 1.43 bits per heavy atom. The van der Waals surface area contributed by atoms with E-state index in [1.807, 2.05) is 19.1 Å². The van der Waals surface area contributed by atoms with Gasteiger partial charge in [0.25, 0.3) is 0 Å². The number of nitrogens with one attached hydrogen (secondary N) is 2. The van der Waals surface area contributed by atoms with Crippen molar-refractivity contribution in [2.24, 2.45) is 0 Å². The van der Waals surface area contributed by atoms with Crippen molar-refractivity contribution in [2.45, 2.75) is 13.3 Å². The van der Waals surface area contributed by atoms with Crippen molar-refractivity contribution in [3.63, 3.8) is 0 Å². The first kappa shape index (κ1) is 17.9. The Bertz CT molecular complexity index is 661. The highest BCUT2D eigenvalue weighted by molar-refractivity contribution is 7.15. The molecule has 23 heavy (non-hydrogen) atoms. The van der Waals surface area contributed by atoms with Crippen LogP contribution in [0, 0.1) is 6.92 Å². The van der Waals surface area contributed by atoms with E-state index >= 15 is 0 Å². The molecular weight excluding hydrogens is 334 g/mol. The van der Waals surface area contributed by atoms with Crippen LogP contribution in [-0.4, -0.2) is 37.7 Å². The van der Waals surface area contributed by atoms with E-state index in [0.717, 1.165) is 27.4 Å². The van der Waals surface area contributed by atoms with Crippen molar-refractivity contribution in [2.75, 3.05) is 32.1 Å². The maximum absolute atomic E-state index is 11.8. The van der Waals surface area contributed by atoms with E-state index in [-0.39, 0.29) is 12.5 Å². The monoisotopic (exact) mass is 353 g/mol. The Morgan fingerprint density at radius 3 is 3.00 bits per heavy atom. The number of rotatable bonds is 8. The van der Waals surface area contributed by atoms with Crippen molar-refractivity contribution in [1.82, 2.24) is 10.3 Å². The Kier molecular flexibility index (Phi) is 6.98. The molecule has 1 heterocycles. The van der Waals surface area contributed by atoms with Gasteiger partial charge >= 0.3 is 0 Å². The number of benzene rings is 1. The number of nitrogens with zero attached hydrogens (tertiary/aromatic N) is 1. The third-order valence-corrected chi connectivity index (χ3v) is 4.50. The first-order chi connectivity index (χ1) is 11.1. The van der Waals surface area contributed by atoms with E-state index in [0.29, 0.717) is 18.3 Å². The number of ether oxygens (including phenoxy) is 1. The summed E-state index contributed by atoms with van der Waals surface area (Å²) in [6.07, 6.45) is 2.53. The average molecular weight is 354 g/mol. The van der Waals surface area contributed by atoms with Crippen LogP contribution in [0.2, 0.25) is 5.02 Å². The van der Waals surface area contributed by atoms with Gasteiger partial charge in [-0.1, -0.05) is 23.7 Å². The van der Waals surface area contributed by atoms with Crippen molar-refractivity contribution in [3.8, 4) is 0 Å². The van der Waals surface area contributed by atoms with Crippen LogP contribution in [0.1, 0.15) is 16.0 Å². The van der Waals surface area contributed by atoms with Gasteiger partial charge in [-0.15, -0.1) is 11.3 Å². The van der Waals surface area contributed by atoms with Crippen LogP contribution in [0.3, 0.4) is 0 Å². The number of halogens is 1. The Balaban J connectivity index is 1.85. The second kappa shape index (κ2) is 8.98. The number of anilines is 1. The van der Waals surface area contributed by atoms with Crippen molar-refractivity contribution >= 4 is 34.0 Å². The lowest BCUT2D eigenvalue weighted by molar-refractivity contribution is -0.115. The molecule has 1 aromatic heterocycles. The van der Waals surface area contributed by atoms with Crippen molar-refractivity contribution in [3.05, 3.63) is 45.4 Å². The summed E-state index contributed by atoms with van der Waals surface area (Å²) in [5, 5.41) is 7.15. The fourth-order valence-electron chi connectivity index (χ4n) is 1.93. The molecule has 2 N–H and O–H groups in total. The fraction of sp³-hybridized carbons (Fsp3) is 0.375. The molecule has 124 valence electrons. The maximum atomic E-state index is 11.8. The standard InChI is InChI=1S/C16H20ClN3O2S/c1-11-3-4-12(8-14(11)17)7-13-9-19-16(23-13)20-15(21)10-18-5-6-22-2/h3-4,8-9,18H,5-7,10H2,1-2H3,(H,19,20,21). The van der Waals surface area contributed by atoms with Gasteiger partial charge < -0.3 is 15.4 Å². The normalized spacial score (nSPS) is 10.7. The molecule has 0 spiro atoms. The lowest BCUT2D eigenvalue weighted by Gasteiger charge is -2.03. The van der Waals surface area contributed by atoms with Gasteiger partial charge in [0, 0.05) is 36.2 Å². The zero-order chi connectivity index (χ0) is 16.7. The minimum atomic E-state index is -0.111. The number of aryl methyl sites for hydroxylation is 1. The molecule has 0 saturated carbocycles. The molecule has 0 aliphatic carbocycles. The third-order valence-electron chi connectivity index (χ3n) is 3.18. The molecule has 0 bridgehead atoms. The molecule has 2 aromatic rings. The summed E-state index contributed by atoms with van der Waals surface area (Å²) < 4.78 is 4.90. The second-order valence-electron chi connectivity index (χ2n) is 5.11. The van der Waals surface area contributed by atoms with Crippen molar-refractivity contribution < 1.29 is 9.53 Å². The van der Waals surface area contributed by atoms with E-state index in [1.54, 1.807) is 13.3 Å². The molecule has 1 aromatic carbocycles. The summed E-state index contributed by atoms with van der Waals surface area (Å²) in [6.45, 7) is 3.44. The minimum absolute atomic E-state index is 0.111. The SMILES string of the molecule is COCCNCC(=O)Nc1ncc(Cc2ccc(C)c(Cl)c2)s1. The molecule has 7 heteroatoms. The largest absolute Gasteiger partial charge is 0.383 e. The first-order valence-electron chi connectivity index (χ1n) is 7.27. The number of thiazole rings is 1. The number of carbonyl (C=O) groups excluding carboxylic acids is 1. The van der Waals surface area contributed by atoms with Crippen LogP contribution in [0.25, 0.3) is 0 Å². The third kappa shape index (κ3) is 5.91. The number of carbonyl (C=O) groups is 1. The van der Waals surface area contributed by atoms with Gasteiger partial charge in [-0.3, -0.25) is 4.79 Å². The summed E-state index contributed by atoms with van der Waals surface area (Å²) in [7, 11) is 1.63. The summed E-state index contributed by atoms with van der Waals surface area (Å²) in [5.74, 6) is -0.111. The van der Waals surface area contributed by atoms with Gasteiger partial charge in [0.1, 0.15) is 0 Å². The molecular formula is C16H20ClN3O2S. The quantitative estimate of drug-likeness (QED) is 0.716. The number of hydrogen-bond donors (Lipinski definition) is 2. The summed E-state index contributed by atoms with van der Waals surface area (Å²) in [5.41, 5.74) is 2.19. The van der Waals surface area contributed by atoms with Crippen LogP contribution in [0.4, 0.5) is 5.13 Å². The molecule has 0 saturated heterocycles. The molecule has 0 unspecified atom stereocenters. The van der Waals surface area contributed by atoms with E-state index in [4.69, 9.17) is 16.3 Å². The average Bonchev–Trinajstić information content (AvgIpc) is 2.94. The summed E-state index contributed by atoms with van der Waals surface area (Å²) >= 11 is 7.61. The smallest absolute Gasteiger partial charge is 0.240 e. The highest BCUT2D eigenvalue weighted by Gasteiger charge is 2.07. The molecule has 0 fully saturated rings. The van der Waals surface area contributed by atoms with Gasteiger partial charge in [-0.2, -0.15) is 0 Å². The van der Waals surface area contributed by atoms with Crippen LogP contribution < -0.4 is 10.6 Å². The summed E-state index contributed by atoms with van der Waals surface area (Å²) in [6, 6.07) is 6.03. The first-order valence-corrected chi connectivity index (χ1v) is 8.47. The van der Waals surface area contributed by atoms with Crippen LogP contribution in [0.5, 0.6) is 0 Å². The van der Waals surface area contributed by atoms with Crippen LogP contribution in [-0.2, 0) is 16.0 Å². The summed E-state index contributed by atoms with van der Waals surface area (Å²) in [4.78, 5) is 17.1. The minimum Gasteiger partial charge on any atom is -0.383 e. The lowest BCUT2D eigenvalue weighted by atomic mass is 10.1. The van der Waals surface area contributed by atoms with Crippen molar-refractivity contribution in [1.29, 1.82) is 0 Å². The van der Waals surface area contributed by atoms with Gasteiger partial charge in [0.15, 0.2) is 5.13 Å². The predicted molar refractivity (Wildman–Crippen MR) is 94.5 cm³/mol. The number of hydrogen-bond acceptors (Lipinski definition) is 5. The Morgan fingerprint density at radius 2 is 2.26 bits per heavy atom. The molecule has 0 aliphatic heterocycles. The lowest BCUT2D eigenvalue weighted by Crippen LogP contribution is -2.30. The van der Waals surface area contributed by atoms with Gasteiger partial charge in [-0.25, -0.2) is 4.98 Å². The number of aromatic nitrogens is 1. The topological polar surface area (TPSA) is 63.2 Å². The predicted octanol–water partition coefficient (Wildman–Crippen LogP) is 2.87. The zero-order valence-corrected chi connectivity index (χ0v) is 14.8. The van der Waals surface area contributed by atoms with Gasteiger partial charge in [-0.05, 0) is 24.1 Å². The Hall–Kier alpha value is -1.47. The molecule has 1 amide bonds. The molecule has 0 atom stereocenters. The zero-order valence-electron chi connectivity index (χ0n) is 13.2. The molecule has 2 rings (SSSR count). The number of methoxy groups -OCH3 is 1. The van der Waals surface area contributed by atoms with Crippen LogP contribution in [0.15, 0.2) is 24.4 Å². The maximum Gasteiger partial charge on any atom is 0.240 e. The van der Waals surface area contributed by atoms with E-state index in [9.17, 15) is 4.79 Å². The molecule has 5 nitrogen and oxygen atoms in total. The van der Waals surface area contributed by atoms with Gasteiger partial charge in [0.05, 0.1) is 13.2 Å². The molecule has 0 radical (unpaired) electrons. The highest BCUT2D eigenvalue weighted by atomic mass is 35.5. The van der Waals surface area contributed by atoms with E-state index in [1.165, 1.54) is 11.3 Å². The van der Waals surface area contributed by atoms with E-state index < -0.39 is 0 Å². The van der Waals surface area contributed by atoms with Gasteiger partial charge in [0.2, 0.25) is 5.91 Å². The van der Waals surface area contributed by atoms with Crippen LogP contribution >= 0.6 is 22.9 Å². The Labute approximate surface area is 145 Å². The second-order valence-corrected chi connectivity index (χ2v) is 6.63.